The Hall–Kier alpha value is -2.18. The number of hydrogen-bond donors (Lipinski definition) is 2. The van der Waals surface area contributed by atoms with Gasteiger partial charge in [0.05, 0.1) is 18.6 Å². The summed E-state index contributed by atoms with van der Waals surface area (Å²) >= 11 is 7.53. The van der Waals surface area contributed by atoms with Gasteiger partial charge in [0.1, 0.15) is 0 Å². The molecule has 0 aliphatic carbocycles. The Kier molecular flexibility index (Phi) is 7.63. The van der Waals surface area contributed by atoms with Crippen LogP contribution in [-0.4, -0.2) is 29.6 Å². The summed E-state index contributed by atoms with van der Waals surface area (Å²) in [4.78, 5) is 11.8. The number of halogens is 1. The molecular formula is C18H19ClN2O3S. The summed E-state index contributed by atoms with van der Waals surface area (Å²) in [7, 11) is 0. The van der Waals surface area contributed by atoms with Crippen molar-refractivity contribution in [1.29, 1.82) is 0 Å². The number of hydrazone groups is 1. The number of carbonyl (C=O) groups excluding carboxylic acids is 1. The lowest BCUT2D eigenvalue weighted by atomic mass is 10.2. The van der Waals surface area contributed by atoms with Crippen molar-refractivity contribution >= 4 is 35.5 Å². The molecule has 0 aliphatic rings. The first-order valence-electron chi connectivity index (χ1n) is 7.69. The van der Waals surface area contributed by atoms with Crippen LogP contribution >= 0.6 is 23.4 Å². The summed E-state index contributed by atoms with van der Waals surface area (Å²) in [6.45, 7) is 2.29. The van der Waals surface area contributed by atoms with Crippen molar-refractivity contribution in [2.24, 2.45) is 5.10 Å². The van der Waals surface area contributed by atoms with Crippen LogP contribution in [0.1, 0.15) is 18.1 Å². The first kappa shape index (κ1) is 19.1. The van der Waals surface area contributed by atoms with Gasteiger partial charge < -0.3 is 9.84 Å². The van der Waals surface area contributed by atoms with Crippen LogP contribution in [0.3, 0.4) is 0 Å². The predicted molar refractivity (Wildman–Crippen MR) is 103 cm³/mol. The molecule has 0 aromatic heterocycles. The summed E-state index contributed by atoms with van der Waals surface area (Å²) in [5.74, 6) is 1.19. The van der Waals surface area contributed by atoms with E-state index in [4.69, 9.17) is 16.3 Å². The summed E-state index contributed by atoms with van der Waals surface area (Å²) < 4.78 is 5.30. The van der Waals surface area contributed by atoms with Crippen LogP contribution in [0.25, 0.3) is 0 Å². The molecule has 2 rings (SSSR count). The van der Waals surface area contributed by atoms with Crippen LogP contribution in [-0.2, 0) is 10.5 Å². The van der Waals surface area contributed by atoms with Crippen LogP contribution < -0.4 is 10.2 Å². The van der Waals surface area contributed by atoms with Gasteiger partial charge in [-0.15, -0.1) is 11.8 Å². The van der Waals surface area contributed by atoms with E-state index in [2.05, 4.69) is 10.5 Å². The average Bonchev–Trinajstić information content (AvgIpc) is 2.60. The molecule has 1 amide bonds. The second-order valence-electron chi connectivity index (χ2n) is 5.04. The maximum absolute atomic E-state index is 11.8. The molecule has 5 nitrogen and oxygen atoms in total. The van der Waals surface area contributed by atoms with Crippen molar-refractivity contribution in [3.8, 4) is 11.5 Å². The summed E-state index contributed by atoms with van der Waals surface area (Å²) in [5, 5.41) is 14.3. The first-order valence-corrected chi connectivity index (χ1v) is 9.22. The van der Waals surface area contributed by atoms with Gasteiger partial charge in [-0.1, -0.05) is 29.8 Å². The number of phenols is 1. The van der Waals surface area contributed by atoms with E-state index in [-0.39, 0.29) is 17.4 Å². The third kappa shape index (κ3) is 6.32. The SMILES string of the molecule is CCOc1cc(/C=N\NC(=O)CSCc2ccccc2Cl)ccc1O. The Balaban J connectivity index is 1.78. The molecule has 0 heterocycles. The van der Waals surface area contributed by atoms with Gasteiger partial charge in [0.15, 0.2) is 11.5 Å². The largest absolute Gasteiger partial charge is 0.504 e. The van der Waals surface area contributed by atoms with Gasteiger partial charge in [0, 0.05) is 10.8 Å². The quantitative estimate of drug-likeness (QED) is 0.541. The third-order valence-corrected chi connectivity index (χ3v) is 4.49. The number of amides is 1. The van der Waals surface area contributed by atoms with Crippen molar-refractivity contribution in [2.75, 3.05) is 12.4 Å². The molecule has 0 radical (unpaired) electrons. The number of benzene rings is 2. The molecule has 0 aliphatic heterocycles. The van der Waals surface area contributed by atoms with Gasteiger partial charge in [-0.05, 0) is 42.3 Å². The number of carbonyl (C=O) groups is 1. The van der Waals surface area contributed by atoms with Crippen LogP contribution in [0.5, 0.6) is 11.5 Å². The zero-order valence-corrected chi connectivity index (χ0v) is 15.3. The van der Waals surface area contributed by atoms with E-state index in [0.717, 1.165) is 5.56 Å². The highest BCUT2D eigenvalue weighted by atomic mass is 35.5. The van der Waals surface area contributed by atoms with Gasteiger partial charge in [-0.2, -0.15) is 5.10 Å². The second kappa shape index (κ2) is 9.96. The number of nitrogens with zero attached hydrogens (tertiary/aromatic N) is 1. The molecule has 2 aromatic rings. The number of thioether (sulfide) groups is 1. The number of phenolic OH excluding ortho intramolecular Hbond substituents is 1. The molecule has 7 heteroatoms. The average molecular weight is 379 g/mol. The van der Waals surface area contributed by atoms with Crippen LogP contribution in [0.15, 0.2) is 47.6 Å². The monoisotopic (exact) mass is 378 g/mol. The molecule has 0 saturated carbocycles. The van der Waals surface area contributed by atoms with Gasteiger partial charge in [0.2, 0.25) is 5.91 Å². The smallest absolute Gasteiger partial charge is 0.250 e. The maximum atomic E-state index is 11.8. The number of rotatable bonds is 8. The zero-order valence-electron chi connectivity index (χ0n) is 13.7. The van der Waals surface area contributed by atoms with Gasteiger partial charge in [-0.3, -0.25) is 4.79 Å². The third-order valence-electron chi connectivity index (χ3n) is 3.14. The number of aromatic hydroxyl groups is 1. The highest BCUT2D eigenvalue weighted by molar-refractivity contribution is 7.99. The summed E-state index contributed by atoms with van der Waals surface area (Å²) in [6, 6.07) is 12.4. The topological polar surface area (TPSA) is 70.9 Å². The Morgan fingerprint density at radius 3 is 2.92 bits per heavy atom. The fourth-order valence-electron chi connectivity index (χ4n) is 1.96. The Bertz CT molecular complexity index is 753. The fourth-order valence-corrected chi connectivity index (χ4v) is 3.07. The van der Waals surface area contributed by atoms with Crippen molar-refractivity contribution in [3.63, 3.8) is 0 Å². The van der Waals surface area contributed by atoms with Crippen LogP contribution in [0.4, 0.5) is 0 Å². The molecule has 0 fully saturated rings. The summed E-state index contributed by atoms with van der Waals surface area (Å²) in [5.41, 5.74) is 4.18. The summed E-state index contributed by atoms with van der Waals surface area (Å²) in [6.07, 6.45) is 1.50. The predicted octanol–water partition coefficient (Wildman–Crippen LogP) is 3.83. The van der Waals surface area contributed by atoms with E-state index >= 15 is 0 Å². The Morgan fingerprint density at radius 2 is 2.16 bits per heavy atom. The molecular weight excluding hydrogens is 360 g/mol. The van der Waals surface area contributed by atoms with Gasteiger partial charge in [-0.25, -0.2) is 5.43 Å². The molecule has 0 bridgehead atoms. The highest BCUT2D eigenvalue weighted by Crippen LogP contribution is 2.26. The molecule has 0 atom stereocenters. The minimum absolute atomic E-state index is 0.0685. The van der Waals surface area contributed by atoms with Crippen LogP contribution in [0, 0.1) is 0 Å². The number of nitrogens with one attached hydrogen (secondary N) is 1. The zero-order chi connectivity index (χ0) is 18.1. The van der Waals surface area contributed by atoms with Crippen molar-refractivity contribution < 1.29 is 14.6 Å². The molecule has 2 aromatic carbocycles. The lowest BCUT2D eigenvalue weighted by molar-refractivity contribution is -0.118. The number of ether oxygens (including phenoxy) is 1. The van der Waals surface area contributed by atoms with Crippen molar-refractivity contribution in [1.82, 2.24) is 5.43 Å². The molecule has 25 heavy (non-hydrogen) atoms. The van der Waals surface area contributed by atoms with E-state index in [1.54, 1.807) is 12.1 Å². The maximum Gasteiger partial charge on any atom is 0.250 e. The molecule has 0 unspecified atom stereocenters. The molecule has 0 spiro atoms. The highest BCUT2D eigenvalue weighted by Gasteiger charge is 2.04. The lowest BCUT2D eigenvalue weighted by Crippen LogP contribution is -2.19. The van der Waals surface area contributed by atoms with Crippen LogP contribution in [0.2, 0.25) is 5.02 Å². The Morgan fingerprint density at radius 1 is 1.36 bits per heavy atom. The van der Waals surface area contributed by atoms with Crippen molar-refractivity contribution in [2.45, 2.75) is 12.7 Å². The van der Waals surface area contributed by atoms with E-state index in [9.17, 15) is 9.90 Å². The lowest BCUT2D eigenvalue weighted by Gasteiger charge is -2.06. The standard InChI is InChI=1S/C18H19ClN2O3S/c1-2-24-17-9-13(7-8-16(17)22)10-20-21-18(23)12-25-11-14-5-3-4-6-15(14)19/h3-10,22H,2,11-12H2,1H3,(H,21,23)/b20-10-. The Labute approximate surface area is 156 Å². The number of hydrogen-bond acceptors (Lipinski definition) is 5. The van der Waals surface area contributed by atoms with Gasteiger partial charge in [0.25, 0.3) is 0 Å². The first-order chi connectivity index (χ1) is 12.1. The minimum atomic E-state index is -0.197. The normalized spacial score (nSPS) is 10.8. The second-order valence-corrected chi connectivity index (χ2v) is 6.43. The van der Waals surface area contributed by atoms with E-state index in [1.165, 1.54) is 24.0 Å². The minimum Gasteiger partial charge on any atom is -0.504 e. The molecule has 132 valence electrons. The molecule has 2 N–H and O–H groups in total. The van der Waals surface area contributed by atoms with Gasteiger partial charge >= 0.3 is 0 Å². The van der Waals surface area contributed by atoms with E-state index in [1.807, 2.05) is 31.2 Å². The fraction of sp³-hybridized carbons (Fsp3) is 0.222. The molecule has 0 saturated heterocycles. The van der Waals surface area contributed by atoms with Crippen molar-refractivity contribution in [3.05, 3.63) is 58.6 Å². The van der Waals surface area contributed by atoms with E-state index in [0.29, 0.717) is 28.7 Å². The van der Waals surface area contributed by atoms with E-state index < -0.39 is 0 Å².